The predicted molar refractivity (Wildman–Crippen MR) is 115 cm³/mol. The number of hydrogen-bond acceptors (Lipinski definition) is 5. The first-order valence-corrected chi connectivity index (χ1v) is 9.78. The Morgan fingerprint density at radius 3 is 2.45 bits per heavy atom. The first-order chi connectivity index (χ1) is 14.1. The van der Waals surface area contributed by atoms with Crippen LogP contribution in [0.25, 0.3) is 6.08 Å². The number of amides is 1. The Hall–Kier alpha value is -2.96. The fraction of sp³-hybridized carbons (Fsp3) is 0.304. The van der Waals surface area contributed by atoms with E-state index in [2.05, 4.69) is 39.4 Å². The molecule has 1 amide bonds. The second kappa shape index (κ2) is 10.5. The van der Waals surface area contributed by atoms with Crippen molar-refractivity contribution in [2.75, 3.05) is 51.7 Å². The maximum absolute atomic E-state index is 12.3. The smallest absolute Gasteiger partial charge is 0.337 e. The molecule has 0 atom stereocenters. The summed E-state index contributed by atoms with van der Waals surface area (Å²) in [6.07, 6.45) is 4.33. The van der Waals surface area contributed by atoms with E-state index in [9.17, 15) is 9.59 Å². The number of carbonyl (C=O) groups is 2. The molecule has 152 valence electrons. The molecule has 0 bridgehead atoms. The zero-order valence-electron chi connectivity index (χ0n) is 16.7. The number of hydrogen-bond donors (Lipinski definition) is 1. The summed E-state index contributed by atoms with van der Waals surface area (Å²) in [5.41, 5.74) is 2.23. The number of nitrogens with one attached hydrogen (secondary N) is 1. The van der Waals surface area contributed by atoms with Crippen LogP contribution in [-0.4, -0.2) is 68.1 Å². The van der Waals surface area contributed by atoms with Crippen molar-refractivity contribution in [3.8, 4) is 0 Å². The normalized spacial score (nSPS) is 15.3. The van der Waals surface area contributed by atoms with Crippen molar-refractivity contribution in [1.82, 2.24) is 9.80 Å². The van der Waals surface area contributed by atoms with Crippen LogP contribution in [0.15, 0.2) is 60.7 Å². The maximum atomic E-state index is 12.3. The molecule has 6 heteroatoms. The molecule has 2 aromatic carbocycles. The summed E-state index contributed by atoms with van der Waals surface area (Å²) in [4.78, 5) is 28.5. The number of methoxy groups -OCH3 is 1. The quantitative estimate of drug-likeness (QED) is 0.733. The van der Waals surface area contributed by atoms with Gasteiger partial charge in [-0.3, -0.25) is 14.6 Å². The Morgan fingerprint density at radius 1 is 1.00 bits per heavy atom. The zero-order chi connectivity index (χ0) is 20.5. The van der Waals surface area contributed by atoms with Gasteiger partial charge >= 0.3 is 5.97 Å². The van der Waals surface area contributed by atoms with Crippen LogP contribution >= 0.6 is 0 Å². The van der Waals surface area contributed by atoms with E-state index >= 15 is 0 Å². The third-order valence-electron chi connectivity index (χ3n) is 4.87. The fourth-order valence-corrected chi connectivity index (χ4v) is 3.28. The Morgan fingerprint density at radius 2 is 1.72 bits per heavy atom. The van der Waals surface area contributed by atoms with E-state index < -0.39 is 5.97 Å². The van der Waals surface area contributed by atoms with Gasteiger partial charge in [0.05, 0.1) is 19.2 Å². The molecule has 0 aromatic heterocycles. The number of ether oxygens (including phenoxy) is 1. The van der Waals surface area contributed by atoms with Crippen LogP contribution in [0.4, 0.5) is 5.69 Å². The Kier molecular flexibility index (Phi) is 7.55. The van der Waals surface area contributed by atoms with Gasteiger partial charge in [-0.05, 0) is 23.8 Å². The highest BCUT2D eigenvalue weighted by Crippen LogP contribution is 2.12. The van der Waals surface area contributed by atoms with Crippen molar-refractivity contribution in [3.63, 3.8) is 0 Å². The van der Waals surface area contributed by atoms with Gasteiger partial charge in [-0.1, -0.05) is 48.6 Å². The highest BCUT2D eigenvalue weighted by molar-refractivity contribution is 5.95. The van der Waals surface area contributed by atoms with Gasteiger partial charge in [0.25, 0.3) is 0 Å². The lowest BCUT2D eigenvalue weighted by Gasteiger charge is -2.33. The molecular weight excluding hydrogens is 366 g/mol. The van der Waals surface area contributed by atoms with Crippen molar-refractivity contribution in [2.45, 2.75) is 0 Å². The third-order valence-corrected chi connectivity index (χ3v) is 4.87. The highest BCUT2D eigenvalue weighted by Gasteiger charge is 2.18. The van der Waals surface area contributed by atoms with E-state index in [0.29, 0.717) is 17.8 Å². The lowest BCUT2D eigenvalue weighted by Crippen LogP contribution is -2.48. The van der Waals surface area contributed by atoms with E-state index in [1.165, 1.54) is 12.7 Å². The largest absolute Gasteiger partial charge is 0.465 e. The van der Waals surface area contributed by atoms with Gasteiger partial charge in [-0.15, -0.1) is 0 Å². The molecule has 1 heterocycles. The maximum Gasteiger partial charge on any atom is 0.337 e. The number of piperazine rings is 1. The minimum Gasteiger partial charge on any atom is -0.465 e. The molecule has 1 fully saturated rings. The third kappa shape index (κ3) is 6.55. The van der Waals surface area contributed by atoms with Gasteiger partial charge in [0.15, 0.2) is 0 Å². The second-order valence-electron chi connectivity index (χ2n) is 7.01. The van der Waals surface area contributed by atoms with E-state index in [4.69, 9.17) is 4.74 Å². The van der Waals surface area contributed by atoms with E-state index in [1.807, 2.05) is 18.2 Å². The van der Waals surface area contributed by atoms with Crippen LogP contribution in [0.2, 0.25) is 0 Å². The van der Waals surface area contributed by atoms with Crippen molar-refractivity contribution >= 4 is 23.6 Å². The Labute approximate surface area is 171 Å². The average molecular weight is 393 g/mol. The molecule has 1 aliphatic heterocycles. The lowest BCUT2D eigenvalue weighted by atomic mass is 10.2. The van der Waals surface area contributed by atoms with Gasteiger partial charge in [-0.2, -0.15) is 0 Å². The van der Waals surface area contributed by atoms with E-state index in [0.717, 1.165) is 32.7 Å². The zero-order valence-corrected chi connectivity index (χ0v) is 16.7. The lowest BCUT2D eigenvalue weighted by molar-refractivity contribution is -0.117. The standard InChI is InChI=1S/C23H27N3O3/c1-29-23(28)20-10-5-11-21(17-20)24-22(27)18-26-15-13-25(14-16-26)12-6-9-19-7-3-2-4-8-19/h2-11,17H,12-16,18H2,1H3,(H,24,27)/b9-6+. The monoisotopic (exact) mass is 393 g/mol. The van der Waals surface area contributed by atoms with E-state index in [1.54, 1.807) is 24.3 Å². The van der Waals surface area contributed by atoms with Gasteiger partial charge in [0.2, 0.25) is 5.91 Å². The SMILES string of the molecule is COC(=O)c1cccc(NC(=O)CN2CCN(C/C=C/c3ccccc3)CC2)c1. The van der Waals surface area contributed by atoms with Crippen LogP contribution < -0.4 is 5.32 Å². The van der Waals surface area contributed by atoms with Crippen molar-refractivity contribution < 1.29 is 14.3 Å². The minimum atomic E-state index is -0.418. The van der Waals surface area contributed by atoms with Gasteiger partial charge in [0, 0.05) is 38.4 Å². The first kappa shape index (κ1) is 20.8. The van der Waals surface area contributed by atoms with Crippen LogP contribution in [0, 0.1) is 0 Å². The van der Waals surface area contributed by atoms with Crippen molar-refractivity contribution in [1.29, 1.82) is 0 Å². The molecule has 1 aliphatic rings. The molecule has 3 rings (SSSR count). The van der Waals surface area contributed by atoms with Crippen LogP contribution in [0.1, 0.15) is 15.9 Å². The van der Waals surface area contributed by atoms with Gasteiger partial charge in [0.1, 0.15) is 0 Å². The molecule has 2 aromatic rings. The van der Waals surface area contributed by atoms with Crippen LogP contribution in [-0.2, 0) is 9.53 Å². The topological polar surface area (TPSA) is 61.9 Å². The summed E-state index contributed by atoms with van der Waals surface area (Å²) < 4.78 is 4.71. The molecule has 1 N–H and O–H groups in total. The summed E-state index contributed by atoms with van der Waals surface area (Å²) in [6, 6.07) is 17.0. The number of rotatable bonds is 7. The number of carbonyl (C=O) groups excluding carboxylic acids is 2. The second-order valence-corrected chi connectivity index (χ2v) is 7.01. The highest BCUT2D eigenvalue weighted by atomic mass is 16.5. The summed E-state index contributed by atoms with van der Waals surface area (Å²) in [7, 11) is 1.34. The molecule has 0 saturated carbocycles. The molecule has 0 unspecified atom stereocenters. The molecule has 0 aliphatic carbocycles. The first-order valence-electron chi connectivity index (χ1n) is 9.78. The number of nitrogens with zero attached hydrogens (tertiary/aromatic N) is 2. The summed E-state index contributed by atoms with van der Waals surface area (Å²) in [5.74, 6) is -0.497. The van der Waals surface area contributed by atoms with Crippen LogP contribution in [0.3, 0.4) is 0 Å². The Bertz CT molecular complexity index is 843. The molecule has 29 heavy (non-hydrogen) atoms. The minimum absolute atomic E-state index is 0.0792. The molecule has 1 saturated heterocycles. The van der Waals surface area contributed by atoms with E-state index in [-0.39, 0.29) is 5.91 Å². The predicted octanol–water partition coefficient (Wildman–Crippen LogP) is 2.74. The number of benzene rings is 2. The summed E-state index contributed by atoms with van der Waals surface area (Å²) in [6.45, 7) is 4.84. The molecule has 0 radical (unpaired) electrons. The van der Waals surface area contributed by atoms with Crippen LogP contribution in [0.5, 0.6) is 0 Å². The molecular formula is C23H27N3O3. The summed E-state index contributed by atoms with van der Waals surface area (Å²) >= 11 is 0. The van der Waals surface area contributed by atoms with Crippen molar-refractivity contribution in [3.05, 3.63) is 71.8 Å². The molecule has 6 nitrogen and oxygen atoms in total. The number of anilines is 1. The summed E-state index contributed by atoms with van der Waals surface area (Å²) in [5, 5.41) is 2.86. The molecule has 0 spiro atoms. The van der Waals surface area contributed by atoms with Crippen molar-refractivity contribution in [2.24, 2.45) is 0 Å². The van der Waals surface area contributed by atoms with Gasteiger partial charge in [-0.25, -0.2) is 4.79 Å². The number of esters is 1. The average Bonchev–Trinajstić information content (AvgIpc) is 2.75. The Balaban J connectivity index is 1.40. The van der Waals surface area contributed by atoms with Gasteiger partial charge < -0.3 is 10.1 Å². The fourth-order valence-electron chi connectivity index (χ4n) is 3.28.